The highest BCUT2D eigenvalue weighted by molar-refractivity contribution is 7.98. The van der Waals surface area contributed by atoms with Crippen LogP contribution in [0.15, 0.2) is 11.2 Å². The molecule has 0 aliphatic carbocycles. The summed E-state index contributed by atoms with van der Waals surface area (Å²) in [7, 11) is 1.86. The first-order valence-corrected chi connectivity index (χ1v) is 7.95. The lowest BCUT2D eigenvalue weighted by atomic mass is 10.3. The number of hydrogen-bond donors (Lipinski definition) is 2. The van der Waals surface area contributed by atoms with Crippen LogP contribution in [0, 0.1) is 0 Å². The zero-order valence-electron chi connectivity index (χ0n) is 12.0. The van der Waals surface area contributed by atoms with Gasteiger partial charge in [-0.3, -0.25) is 0 Å². The molecule has 0 aliphatic heterocycles. The summed E-state index contributed by atoms with van der Waals surface area (Å²) in [4.78, 5) is 8.73. The van der Waals surface area contributed by atoms with Crippen molar-refractivity contribution in [2.24, 2.45) is 0 Å². The number of nitrogens with zero attached hydrogens (tertiary/aromatic N) is 2. The maximum atomic E-state index is 5.51. The predicted octanol–water partition coefficient (Wildman–Crippen LogP) is 2.86. The van der Waals surface area contributed by atoms with Gasteiger partial charge in [0.1, 0.15) is 11.6 Å². The smallest absolute Gasteiger partial charge is 0.191 e. The highest BCUT2D eigenvalue weighted by atomic mass is 32.2. The summed E-state index contributed by atoms with van der Waals surface area (Å²) in [5.74, 6) is 1.69. The van der Waals surface area contributed by atoms with E-state index >= 15 is 0 Å². The van der Waals surface area contributed by atoms with Crippen molar-refractivity contribution in [3.63, 3.8) is 0 Å². The van der Waals surface area contributed by atoms with Crippen molar-refractivity contribution in [3.8, 4) is 0 Å². The molecule has 0 aliphatic rings. The maximum absolute atomic E-state index is 5.51. The van der Waals surface area contributed by atoms with Crippen molar-refractivity contribution in [1.82, 2.24) is 9.97 Å². The summed E-state index contributed by atoms with van der Waals surface area (Å²) in [6.45, 7) is 4.69. The summed E-state index contributed by atoms with van der Waals surface area (Å²) in [5.41, 5.74) is 0. The molecule has 0 saturated carbocycles. The molecule has 0 radical (unpaired) electrons. The Morgan fingerprint density at radius 2 is 1.95 bits per heavy atom. The van der Waals surface area contributed by atoms with Gasteiger partial charge >= 0.3 is 0 Å². The van der Waals surface area contributed by atoms with Crippen LogP contribution in [-0.4, -0.2) is 43.0 Å². The van der Waals surface area contributed by atoms with E-state index in [-0.39, 0.29) is 0 Å². The third kappa shape index (κ3) is 6.63. The van der Waals surface area contributed by atoms with Crippen LogP contribution in [0.5, 0.6) is 0 Å². The number of rotatable bonds is 10. The minimum atomic E-state index is 0.772. The minimum Gasteiger partial charge on any atom is -0.381 e. The normalized spacial score (nSPS) is 10.5. The Kier molecular flexibility index (Phi) is 8.33. The van der Waals surface area contributed by atoms with E-state index in [1.54, 1.807) is 0 Å². The molecular weight excluding hydrogens is 260 g/mol. The molecule has 0 atom stereocenters. The van der Waals surface area contributed by atoms with Crippen molar-refractivity contribution < 1.29 is 4.74 Å². The van der Waals surface area contributed by atoms with E-state index < -0.39 is 0 Å². The van der Waals surface area contributed by atoms with E-state index in [1.807, 2.05) is 19.4 Å². The van der Waals surface area contributed by atoms with Gasteiger partial charge in [0.2, 0.25) is 0 Å². The van der Waals surface area contributed by atoms with E-state index in [0.717, 1.165) is 49.4 Å². The topological polar surface area (TPSA) is 59.1 Å². The lowest BCUT2D eigenvalue weighted by Crippen LogP contribution is -2.08. The van der Waals surface area contributed by atoms with Crippen molar-refractivity contribution >= 4 is 23.4 Å². The average Bonchev–Trinajstić information content (AvgIpc) is 2.45. The molecule has 108 valence electrons. The second-order valence-corrected chi connectivity index (χ2v) is 4.89. The van der Waals surface area contributed by atoms with Gasteiger partial charge < -0.3 is 15.4 Å². The molecule has 1 rings (SSSR count). The van der Waals surface area contributed by atoms with Crippen LogP contribution < -0.4 is 10.6 Å². The number of aromatic nitrogens is 2. The van der Waals surface area contributed by atoms with Crippen LogP contribution >= 0.6 is 11.8 Å². The van der Waals surface area contributed by atoms with Crippen LogP contribution in [0.4, 0.5) is 11.6 Å². The predicted molar refractivity (Wildman–Crippen MR) is 82.2 cm³/mol. The summed E-state index contributed by atoms with van der Waals surface area (Å²) in [6, 6.07) is 1.91. The van der Waals surface area contributed by atoms with Gasteiger partial charge in [0.05, 0.1) is 0 Å². The molecule has 1 aromatic rings. The number of thioether (sulfide) groups is 1. The largest absolute Gasteiger partial charge is 0.381 e. The lowest BCUT2D eigenvalue weighted by molar-refractivity contribution is 0.131. The molecule has 2 N–H and O–H groups in total. The summed E-state index contributed by atoms with van der Waals surface area (Å²) in [6.07, 6.45) is 5.28. The second kappa shape index (κ2) is 9.86. The second-order valence-electron chi connectivity index (χ2n) is 4.12. The third-order valence-electron chi connectivity index (χ3n) is 2.56. The molecule has 5 nitrogen and oxygen atoms in total. The van der Waals surface area contributed by atoms with Gasteiger partial charge in [-0.25, -0.2) is 9.97 Å². The number of hydrogen-bond acceptors (Lipinski definition) is 6. The molecule has 6 heteroatoms. The Balaban J connectivity index is 2.28. The van der Waals surface area contributed by atoms with E-state index in [9.17, 15) is 0 Å². The van der Waals surface area contributed by atoms with Crippen LogP contribution in [0.3, 0.4) is 0 Å². The molecule has 0 aromatic carbocycles. The number of nitrogens with one attached hydrogen (secondary N) is 2. The Hall–Kier alpha value is -1.01. The van der Waals surface area contributed by atoms with Gasteiger partial charge in [-0.2, -0.15) is 0 Å². The van der Waals surface area contributed by atoms with E-state index in [1.165, 1.54) is 18.2 Å². The molecule has 0 saturated heterocycles. The van der Waals surface area contributed by atoms with Crippen molar-refractivity contribution in [2.75, 3.05) is 43.7 Å². The van der Waals surface area contributed by atoms with Crippen LogP contribution in [0.1, 0.15) is 26.2 Å². The fourth-order valence-electron chi connectivity index (χ4n) is 1.47. The maximum Gasteiger partial charge on any atom is 0.191 e. The summed E-state index contributed by atoms with van der Waals surface area (Å²) in [5, 5.41) is 7.11. The van der Waals surface area contributed by atoms with Gasteiger partial charge in [-0.15, -0.1) is 0 Å². The van der Waals surface area contributed by atoms with Crippen LogP contribution in [0.25, 0.3) is 0 Å². The van der Waals surface area contributed by atoms with E-state index in [2.05, 4.69) is 27.5 Å². The molecule has 0 spiro atoms. The van der Waals surface area contributed by atoms with Crippen LogP contribution in [0.2, 0.25) is 0 Å². The zero-order valence-corrected chi connectivity index (χ0v) is 12.8. The first kappa shape index (κ1) is 16.0. The van der Waals surface area contributed by atoms with Crippen molar-refractivity contribution in [2.45, 2.75) is 31.3 Å². The third-order valence-corrected chi connectivity index (χ3v) is 3.11. The van der Waals surface area contributed by atoms with Crippen molar-refractivity contribution in [1.29, 1.82) is 0 Å². The Labute approximate surface area is 119 Å². The molecule has 19 heavy (non-hydrogen) atoms. The van der Waals surface area contributed by atoms with Gasteiger partial charge in [-0.1, -0.05) is 25.1 Å². The molecular formula is C13H24N4OS. The minimum absolute atomic E-state index is 0.772. The first-order chi connectivity index (χ1) is 9.30. The Bertz CT molecular complexity index is 340. The van der Waals surface area contributed by atoms with E-state index in [4.69, 9.17) is 4.74 Å². The lowest BCUT2D eigenvalue weighted by Gasteiger charge is -2.09. The molecule has 0 unspecified atom stereocenters. The first-order valence-electron chi connectivity index (χ1n) is 6.72. The zero-order chi connectivity index (χ0) is 13.9. The monoisotopic (exact) mass is 284 g/mol. The Morgan fingerprint density at radius 3 is 2.63 bits per heavy atom. The molecule has 0 fully saturated rings. The molecule has 1 heterocycles. The number of ether oxygens (including phenoxy) is 1. The number of unbranched alkanes of at least 4 members (excludes halogenated alkanes) is 1. The SMILES string of the molecule is CCCCOCCCNc1cc(NC)nc(SC)n1. The summed E-state index contributed by atoms with van der Waals surface area (Å²) < 4.78 is 5.51. The highest BCUT2D eigenvalue weighted by Gasteiger charge is 2.02. The quantitative estimate of drug-likeness (QED) is 0.391. The fourth-order valence-corrected chi connectivity index (χ4v) is 1.85. The van der Waals surface area contributed by atoms with Gasteiger partial charge in [0, 0.05) is 32.9 Å². The van der Waals surface area contributed by atoms with Crippen molar-refractivity contribution in [3.05, 3.63) is 6.07 Å². The van der Waals surface area contributed by atoms with E-state index in [0.29, 0.717) is 0 Å². The highest BCUT2D eigenvalue weighted by Crippen LogP contribution is 2.16. The van der Waals surface area contributed by atoms with Gasteiger partial charge in [0.25, 0.3) is 0 Å². The fraction of sp³-hybridized carbons (Fsp3) is 0.692. The standard InChI is InChI=1S/C13H24N4OS/c1-4-5-8-18-9-6-7-15-12-10-11(14-2)16-13(17-12)19-3/h10H,4-9H2,1-3H3,(H2,14,15,16,17). The molecule has 0 bridgehead atoms. The van der Waals surface area contributed by atoms with Gasteiger partial charge in [-0.05, 0) is 19.1 Å². The molecule has 1 aromatic heterocycles. The number of anilines is 2. The van der Waals surface area contributed by atoms with Gasteiger partial charge in [0.15, 0.2) is 5.16 Å². The van der Waals surface area contributed by atoms with Crippen LogP contribution in [-0.2, 0) is 4.74 Å². The molecule has 0 amide bonds. The Morgan fingerprint density at radius 1 is 1.21 bits per heavy atom. The average molecular weight is 284 g/mol. The summed E-state index contributed by atoms with van der Waals surface area (Å²) >= 11 is 1.54.